The number of nitrogens with one attached hydrogen (secondary N) is 1. The molecule has 0 spiro atoms. The number of morpholine rings is 1. The minimum atomic E-state index is -0.321. The predicted octanol–water partition coefficient (Wildman–Crippen LogP) is 4.57. The molecule has 2 atom stereocenters. The fourth-order valence-corrected chi connectivity index (χ4v) is 5.10. The smallest absolute Gasteiger partial charge is 0.289 e. The van der Waals surface area contributed by atoms with Gasteiger partial charge in [-0.05, 0) is 55.9 Å². The molecule has 3 aliphatic rings. The molecule has 1 aromatic carbocycles. The summed E-state index contributed by atoms with van der Waals surface area (Å²) in [6.07, 6.45) is 13.5. The molecule has 6 heteroatoms. The van der Waals surface area contributed by atoms with E-state index in [0.717, 1.165) is 51.4 Å². The lowest BCUT2D eigenvalue weighted by Crippen LogP contribution is -2.57. The third-order valence-corrected chi connectivity index (χ3v) is 6.77. The van der Waals surface area contributed by atoms with Crippen molar-refractivity contribution in [3.8, 4) is 0 Å². The van der Waals surface area contributed by atoms with Crippen LogP contribution in [0.25, 0.3) is 6.08 Å². The summed E-state index contributed by atoms with van der Waals surface area (Å²) in [5, 5.41) is 3.19. The fraction of sp³-hybridized carbons (Fsp3) is 0.600. The van der Waals surface area contributed by atoms with Crippen molar-refractivity contribution >= 4 is 17.9 Å². The van der Waals surface area contributed by atoms with E-state index in [1.165, 1.54) is 31.4 Å². The first-order valence-corrected chi connectivity index (χ1v) is 11.8. The fourth-order valence-electron chi connectivity index (χ4n) is 5.10. The van der Waals surface area contributed by atoms with Crippen molar-refractivity contribution in [3.63, 3.8) is 0 Å². The topological polar surface area (TPSA) is 58.6 Å². The summed E-state index contributed by atoms with van der Waals surface area (Å²) in [5.74, 6) is -0.405. The zero-order chi connectivity index (χ0) is 21.6. The summed E-state index contributed by atoms with van der Waals surface area (Å²) in [4.78, 5) is 27.9. The van der Waals surface area contributed by atoms with E-state index in [2.05, 4.69) is 5.32 Å². The number of halogens is 1. The third kappa shape index (κ3) is 5.66. The molecule has 168 valence electrons. The second-order valence-corrected chi connectivity index (χ2v) is 9.11. The van der Waals surface area contributed by atoms with Gasteiger partial charge in [-0.2, -0.15) is 0 Å². The highest BCUT2D eigenvalue weighted by Crippen LogP contribution is 2.33. The van der Waals surface area contributed by atoms with E-state index in [9.17, 15) is 14.0 Å². The van der Waals surface area contributed by atoms with Crippen LogP contribution in [0.15, 0.2) is 30.0 Å². The van der Waals surface area contributed by atoms with E-state index in [-0.39, 0.29) is 48.1 Å². The van der Waals surface area contributed by atoms with Gasteiger partial charge in [0.2, 0.25) is 5.91 Å². The maximum absolute atomic E-state index is 13.3. The number of hydrogen-bond donors (Lipinski definition) is 1. The first-order chi connectivity index (χ1) is 15.1. The monoisotopic (exact) mass is 428 g/mol. The quantitative estimate of drug-likeness (QED) is 0.715. The maximum Gasteiger partial charge on any atom is 0.289 e. The van der Waals surface area contributed by atoms with Crippen molar-refractivity contribution in [2.24, 2.45) is 0 Å². The Balaban J connectivity index is 1.47. The minimum absolute atomic E-state index is 0.0605. The molecule has 2 amide bonds. The van der Waals surface area contributed by atoms with Crippen LogP contribution in [0.5, 0.6) is 0 Å². The lowest BCUT2D eigenvalue weighted by molar-refractivity contribution is -0.152. The highest BCUT2D eigenvalue weighted by molar-refractivity contribution is 5.98. The van der Waals surface area contributed by atoms with Crippen molar-refractivity contribution < 1.29 is 18.7 Å². The Morgan fingerprint density at radius 3 is 2.39 bits per heavy atom. The molecule has 5 nitrogen and oxygen atoms in total. The Morgan fingerprint density at radius 1 is 1.00 bits per heavy atom. The first-order valence-electron chi connectivity index (χ1n) is 11.8. The Labute approximate surface area is 184 Å². The molecule has 1 saturated heterocycles. The molecular weight excluding hydrogens is 395 g/mol. The average molecular weight is 429 g/mol. The highest BCUT2D eigenvalue weighted by Gasteiger charge is 2.42. The second-order valence-electron chi connectivity index (χ2n) is 9.11. The summed E-state index contributed by atoms with van der Waals surface area (Å²) >= 11 is 0. The molecule has 1 N–H and O–H groups in total. The van der Waals surface area contributed by atoms with Gasteiger partial charge in [0.25, 0.3) is 5.91 Å². The van der Waals surface area contributed by atoms with E-state index in [1.54, 1.807) is 23.1 Å². The maximum atomic E-state index is 13.3. The summed E-state index contributed by atoms with van der Waals surface area (Å²) < 4.78 is 19.3. The summed E-state index contributed by atoms with van der Waals surface area (Å²) in [6, 6.07) is 6.12. The van der Waals surface area contributed by atoms with Gasteiger partial charge >= 0.3 is 0 Å². The van der Waals surface area contributed by atoms with Gasteiger partial charge in [0.1, 0.15) is 18.5 Å². The number of benzene rings is 1. The van der Waals surface area contributed by atoms with Gasteiger partial charge in [0, 0.05) is 6.04 Å². The van der Waals surface area contributed by atoms with Crippen LogP contribution in [0.3, 0.4) is 0 Å². The molecule has 3 fully saturated rings. The minimum Gasteiger partial charge on any atom is -0.482 e. The van der Waals surface area contributed by atoms with Crippen molar-refractivity contribution in [3.05, 3.63) is 41.4 Å². The van der Waals surface area contributed by atoms with Crippen LogP contribution in [-0.2, 0) is 14.3 Å². The van der Waals surface area contributed by atoms with Crippen LogP contribution in [0, 0.1) is 5.82 Å². The molecule has 1 aliphatic heterocycles. The van der Waals surface area contributed by atoms with Gasteiger partial charge in [0.15, 0.2) is 5.76 Å². The zero-order valence-corrected chi connectivity index (χ0v) is 18.2. The molecule has 4 rings (SSSR count). The molecular formula is C25H33FN2O3. The number of carbonyl (C=O) groups is 2. The van der Waals surface area contributed by atoms with Crippen molar-refractivity contribution in [1.29, 1.82) is 0 Å². The van der Waals surface area contributed by atoms with Crippen molar-refractivity contribution in [2.45, 2.75) is 88.8 Å². The molecule has 0 radical (unpaired) electrons. The Hall–Kier alpha value is -2.37. The van der Waals surface area contributed by atoms with E-state index in [0.29, 0.717) is 5.56 Å². The van der Waals surface area contributed by atoms with Gasteiger partial charge in [-0.3, -0.25) is 9.59 Å². The average Bonchev–Trinajstić information content (AvgIpc) is 2.74. The lowest BCUT2D eigenvalue weighted by Gasteiger charge is -2.44. The van der Waals surface area contributed by atoms with Gasteiger partial charge in [-0.25, -0.2) is 4.39 Å². The number of ether oxygens (including phenoxy) is 1. The summed E-state index contributed by atoms with van der Waals surface area (Å²) in [6.45, 7) is 0.0701. The third-order valence-electron chi connectivity index (χ3n) is 6.77. The van der Waals surface area contributed by atoms with Crippen molar-refractivity contribution in [1.82, 2.24) is 10.2 Å². The normalized spacial score (nSPS) is 26.5. The van der Waals surface area contributed by atoms with E-state index >= 15 is 0 Å². The first kappa shape index (κ1) is 21.8. The van der Waals surface area contributed by atoms with Gasteiger partial charge < -0.3 is 15.0 Å². The molecule has 2 unspecified atom stereocenters. The van der Waals surface area contributed by atoms with Crippen LogP contribution in [-0.4, -0.2) is 41.4 Å². The van der Waals surface area contributed by atoms with Crippen molar-refractivity contribution in [2.75, 3.05) is 6.54 Å². The molecule has 2 saturated carbocycles. The van der Waals surface area contributed by atoms with Gasteiger partial charge in [-0.1, -0.05) is 50.7 Å². The Bertz CT molecular complexity index is 799. The largest absolute Gasteiger partial charge is 0.482 e. The van der Waals surface area contributed by atoms with Crippen LogP contribution in [0.2, 0.25) is 0 Å². The molecule has 2 aliphatic carbocycles. The molecule has 1 heterocycles. The van der Waals surface area contributed by atoms with Crippen LogP contribution in [0.4, 0.5) is 4.39 Å². The summed E-state index contributed by atoms with van der Waals surface area (Å²) in [7, 11) is 0. The standard InChI is InChI=1S/C25H33FN2O3/c26-19-14-12-18(13-15-19)16-23-25(30)28(21-10-6-7-11-22(21)31-23)17-24(29)27-20-8-4-2-1-3-5-9-20/h12-16,20-22H,1-11,17H2,(H,27,29)/b23-16+. The van der Waals surface area contributed by atoms with E-state index in [4.69, 9.17) is 4.74 Å². The van der Waals surface area contributed by atoms with E-state index < -0.39 is 0 Å². The number of amides is 2. The lowest BCUT2D eigenvalue weighted by atomic mass is 9.89. The Morgan fingerprint density at radius 2 is 1.65 bits per heavy atom. The molecule has 31 heavy (non-hydrogen) atoms. The van der Waals surface area contributed by atoms with Gasteiger partial charge in [-0.15, -0.1) is 0 Å². The van der Waals surface area contributed by atoms with E-state index in [1.807, 2.05) is 0 Å². The highest BCUT2D eigenvalue weighted by atomic mass is 19.1. The number of fused-ring (bicyclic) bond motifs is 1. The number of carbonyl (C=O) groups excluding carboxylic acids is 2. The SMILES string of the molecule is O=C(CN1C(=O)/C(=C\c2ccc(F)cc2)OC2CCCCC21)NC1CCCCCCC1. The molecule has 0 bridgehead atoms. The number of nitrogens with zero attached hydrogens (tertiary/aromatic N) is 1. The summed E-state index contributed by atoms with van der Waals surface area (Å²) in [5.41, 5.74) is 0.706. The zero-order valence-electron chi connectivity index (χ0n) is 18.2. The predicted molar refractivity (Wildman–Crippen MR) is 117 cm³/mol. The van der Waals surface area contributed by atoms with Crippen LogP contribution < -0.4 is 5.32 Å². The molecule has 1 aromatic rings. The van der Waals surface area contributed by atoms with Gasteiger partial charge in [0.05, 0.1) is 6.04 Å². The van der Waals surface area contributed by atoms with Crippen LogP contribution >= 0.6 is 0 Å². The number of rotatable bonds is 4. The molecule has 0 aromatic heterocycles. The Kier molecular flexibility index (Phi) is 7.25. The van der Waals surface area contributed by atoms with Crippen LogP contribution in [0.1, 0.15) is 76.2 Å². The number of hydrogen-bond acceptors (Lipinski definition) is 3. The second kappa shape index (κ2) is 10.3.